The first-order valence-corrected chi connectivity index (χ1v) is 8.57. The van der Waals surface area contributed by atoms with E-state index in [4.69, 9.17) is 39.5 Å². The molecule has 1 aromatic rings. The fraction of sp³-hybridized carbons (Fsp3) is 0.438. The lowest BCUT2D eigenvalue weighted by molar-refractivity contribution is -0.153. The van der Waals surface area contributed by atoms with Gasteiger partial charge in [0, 0.05) is 17.1 Å². The third-order valence-corrected chi connectivity index (χ3v) is 5.54. The number of ether oxygens (including phenoxy) is 1. The van der Waals surface area contributed by atoms with Crippen LogP contribution < -0.4 is 10.6 Å². The molecule has 0 aliphatic heterocycles. The van der Waals surface area contributed by atoms with Crippen LogP contribution in [0.4, 0.5) is 5.69 Å². The average molecular weight is 408 g/mol. The Morgan fingerprint density at radius 2 is 1.88 bits per heavy atom. The quantitative estimate of drug-likeness (QED) is 0.561. The highest BCUT2D eigenvalue weighted by Gasteiger charge is 2.69. The molecule has 2 rings (SSSR count). The molecule has 2 amide bonds. The summed E-state index contributed by atoms with van der Waals surface area (Å²) >= 11 is 17.7. The Labute approximate surface area is 160 Å². The third-order valence-electron chi connectivity index (χ3n) is 4.03. The van der Waals surface area contributed by atoms with Crippen molar-refractivity contribution in [2.45, 2.75) is 24.6 Å². The third kappa shape index (κ3) is 4.57. The van der Waals surface area contributed by atoms with Crippen molar-refractivity contribution < 1.29 is 19.1 Å². The predicted molar refractivity (Wildman–Crippen MR) is 95.9 cm³/mol. The minimum Gasteiger partial charge on any atom is -0.455 e. The number of benzene rings is 1. The van der Waals surface area contributed by atoms with Crippen molar-refractivity contribution in [1.29, 1.82) is 0 Å². The topological polar surface area (TPSA) is 84.5 Å². The molecule has 25 heavy (non-hydrogen) atoms. The number of anilines is 1. The van der Waals surface area contributed by atoms with Gasteiger partial charge in [0.1, 0.15) is 9.75 Å². The Morgan fingerprint density at radius 1 is 1.24 bits per heavy atom. The Bertz CT molecular complexity index is 723. The number of esters is 1. The molecule has 0 bridgehead atoms. The predicted octanol–water partition coefficient (Wildman–Crippen LogP) is 2.83. The van der Waals surface area contributed by atoms with Crippen LogP contribution in [0.5, 0.6) is 0 Å². The van der Waals surface area contributed by atoms with Crippen molar-refractivity contribution in [1.82, 2.24) is 5.32 Å². The highest BCUT2D eigenvalue weighted by Crippen LogP contribution is 2.64. The fourth-order valence-electron chi connectivity index (χ4n) is 2.08. The van der Waals surface area contributed by atoms with E-state index in [0.29, 0.717) is 10.7 Å². The van der Waals surface area contributed by atoms with Gasteiger partial charge >= 0.3 is 5.97 Å². The molecule has 1 aliphatic carbocycles. The van der Waals surface area contributed by atoms with Crippen LogP contribution in [0.15, 0.2) is 18.2 Å². The molecule has 0 heterocycles. The summed E-state index contributed by atoms with van der Waals surface area (Å²) in [5.74, 6) is -1.68. The number of hydrogen-bond donors (Lipinski definition) is 2. The van der Waals surface area contributed by atoms with Gasteiger partial charge in [0.25, 0.3) is 5.91 Å². The van der Waals surface area contributed by atoms with E-state index in [2.05, 4.69) is 10.6 Å². The van der Waals surface area contributed by atoms with Gasteiger partial charge in [-0.25, -0.2) is 0 Å². The molecule has 0 saturated heterocycles. The maximum Gasteiger partial charge on any atom is 0.315 e. The van der Waals surface area contributed by atoms with Crippen LogP contribution in [0.1, 0.15) is 18.9 Å². The fourth-order valence-corrected chi connectivity index (χ4v) is 2.94. The van der Waals surface area contributed by atoms with E-state index < -0.39 is 34.1 Å². The molecule has 1 atom stereocenters. The number of carbonyl (C=O) groups excluding carboxylic acids is 3. The van der Waals surface area contributed by atoms with Gasteiger partial charge in [-0.3, -0.25) is 14.4 Å². The Morgan fingerprint density at radius 3 is 2.48 bits per heavy atom. The second-order valence-electron chi connectivity index (χ2n) is 6.03. The zero-order chi connectivity index (χ0) is 18.8. The van der Waals surface area contributed by atoms with Gasteiger partial charge in [0.15, 0.2) is 6.61 Å². The van der Waals surface area contributed by atoms with Crippen LogP contribution in [0, 0.1) is 12.3 Å². The molecule has 1 saturated carbocycles. The molecule has 0 spiro atoms. The summed E-state index contributed by atoms with van der Waals surface area (Å²) in [7, 11) is 0. The minimum atomic E-state index is -1.16. The molecule has 0 aromatic heterocycles. The lowest BCUT2D eigenvalue weighted by atomic mass is 10.1. The summed E-state index contributed by atoms with van der Waals surface area (Å²) in [5.41, 5.74) is 0.277. The van der Waals surface area contributed by atoms with E-state index in [-0.39, 0.29) is 13.0 Å². The summed E-state index contributed by atoms with van der Waals surface area (Å²) in [5, 5.41) is 5.52. The second kappa shape index (κ2) is 7.40. The number of nitrogens with one attached hydrogen (secondary N) is 2. The Kier molecular flexibility index (Phi) is 5.86. The molecule has 1 aromatic carbocycles. The average Bonchev–Trinajstić information content (AvgIpc) is 3.07. The first-order chi connectivity index (χ1) is 11.6. The normalized spacial score (nSPS) is 20.5. The summed E-state index contributed by atoms with van der Waals surface area (Å²) < 4.78 is 3.73. The molecular formula is C16H17Cl3N2O4. The van der Waals surface area contributed by atoms with E-state index in [1.807, 2.05) is 0 Å². The van der Waals surface area contributed by atoms with Crippen LogP contribution in [0.3, 0.4) is 0 Å². The molecular weight excluding hydrogens is 391 g/mol. The van der Waals surface area contributed by atoms with Crippen LogP contribution in [-0.4, -0.2) is 35.3 Å². The van der Waals surface area contributed by atoms with Gasteiger partial charge in [-0.15, -0.1) is 23.2 Å². The standard InChI is InChI=1S/C16H17Cl3N2O4/c1-9-10(17)4-3-5-11(9)21-12(22)6-20-13(23)7-25-14(24)15(2)8-16(15,18)19/h3-5H,6-8H2,1-2H3,(H,20,23)(H,21,22). The van der Waals surface area contributed by atoms with Gasteiger partial charge in [-0.2, -0.15) is 0 Å². The first-order valence-electron chi connectivity index (χ1n) is 7.43. The number of halogens is 3. The summed E-state index contributed by atoms with van der Waals surface area (Å²) in [4.78, 5) is 35.4. The maximum absolute atomic E-state index is 11.9. The number of amides is 2. The maximum atomic E-state index is 11.9. The number of carbonyl (C=O) groups is 3. The monoisotopic (exact) mass is 406 g/mol. The zero-order valence-electron chi connectivity index (χ0n) is 13.6. The second-order valence-corrected chi connectivity index (χ2v) is 7.92. The smallest absolute Gasteiger partial charge is 0.315 e. The van der Waals surface area contributed by atoms with Gasteiger partial charge in [-0.1, -0.05) is 17.7 Å². The first kappa shape index (κ1) is 19.8. The molecule has 2 N–H and O–H groups in total. The summed E-state index contributed by atoms with van der Waals surface area (Å²) in [6, 6.07) is 5.11. The molecule has 0 radical (unpaired) electrons. The molecule has 9 heteroatoms. The Hall–Kier alpha value is -1.50. The molecule has 1 aliphatic rings. The lowest BCUT2D eigenvalue weighted by Crippen LogP contribution is -2.36. The van der Waals surface area contributed by atoms with E-state index in [1.54, 1.807) is 32.0 Å². The van der Waals surface area contributed by atoms with Gasteiger partial charge in [0.05, 0.1) is 6.54 Å². The molecule has 1 unspecified atom stereocenters. The van der Waals surface area contributed by atoms with E-state index in [9.17, 15) is 14.4 Å². The van der Waals surface area contributed by atoms with Crippen LogP contribution in [0.25, 0.3) is 0 Å². The molecule has 6 nitrogen and oxygen atoms in total. The number of hydrogen-bond acceptors (Lipinski definition) is 4. The van der Waals surface area contributed by atoms with Crippen molar-refractivity contribution in [2.75, 3.05) is 18.5 Å². The summed E-state index contributed by atoms with van der Waals surface area (Å²) in [6.45, 7) is 2.55. The van der Waals surface area contributed by atoms with Crippen molar-refractivity contribution in [3.63, 3.8) is 0 Å². The SMILES string of the molecule is Cc1c(Cl)cccc1NC(=O)CNC(=O)COC(=O)C1(C)CC1(Cl)Cl. The zero-order valence-corrected chi connectivity index (χ0v) is 15.9. The minimum absolute atomic E-state index is 0.269. The Balaban J connectivity index is 1.74. The number of alkyl halides is 2. The van der Waals surface area contributed by atoms with Crippen molar-refractivity contribution in [3.8, 4) is 0 Å². The van der Waals surface area contributed by atoms with Crippen molar-refractivity contribution >= 4 is 58.3 Å². The van der Waals surface area contributed by atoms with Crippen molar-refractivity contribution in [3.05, 3.63) is 28.8 Å². The van der Waals surface area contributed by atoms with E-state index >= 15 is 0 Å². The van der Waals surface area contributed by atoms with Gasteiger partial charge in [-0.05, 0) is 31.5 Å². The van der Waals surface area contributed by atoms with Gasteiger partial charge in [0.2, 0.25) is 5.91 Å². The van der Waals surface area contributed by atoms with E-state index in [0.717, 1.165) is 5.56 Å². The highest BCUT2D eigenvalue weighted by atomic mass is 35.5. The molecule has 136 valence electrons. The van der Waals surface area contributed by atoms with Gasteiger partial charge < -0.3 is 15.4 Å². The highest BCUT2D eigenvalue weighted by molar-refractivity contribution is 6.53. The van der Waals surface area contributed by atoms with E-state index in [1.165, 1.54) is 0 Å². The number of rotatable bonds is 6. The largest absolute Gasteiger partial charge is 0.455 e. The van der Waals surface area contributed by atoms with Crippen LogP contribution in [-0.2, 0) is 19.1 Å². The lowest BCUT2D eigenvalue weighted by Gasteiger charge is -2.12. The molecule has 1 fully saturated rings. The van der Waals surface area contributed by atoms with Crippen LogP contribution in [0.2, 0.25) is 5.02 Å². The van der Waals surface area contributed by atoms with Crippen molar-refractivity contribution in [2.24, 2.45) is 5.41 Å². The van der Waals surface area contributed by atoms with Crippen LogP contribution >= 0.6 is 34.8 Å². The summed E-state index contributed by atoms with van der Waals surface area (Å²) in [6.07, 6.45) is 0.269.